The lowest BCUT2D eigenvalue weighted by Crippen LogP contribution is -2.32. The summed E-state index contributed by atoms with van der Waals surface area (Å²) in [6.07, 6.45) is 0. The van der Waals surface area contributed by atoms with Crippen LogP contribution in [0.15, 0.2) is 18.2 Å². The zero-order chi connectivity index (χ0) is 13.2. The summed E-state index contributed by atoms with van der Waals surface area (Å²) in [5.41, 5.74) is 2.20. The summed E-state index contributed by atoms with van der Waals surface area (Å²) in [6, 6.07) is 5.21. The third-order valence-corrected chi connectivity index (χ3v) is 3.95. The predicted molar refractivity (Wildman–Crippen MR) is 65.6 cm³/mol. The molecule has 1 atom stereocenters. The highest BCUT2D eigenvalue weighted by molar-refractivity contribution is 7.94. The maximum atomic E-state index is 11.7. The topological polar surface area (TPSA) is 83.5 Å². The van der Waals surface area contributed by atoms with E-state index in [4.69, 9.17) is 5.11 Å². The van der Waals surface area contributed by atoms with E-state index < -0.39 is 21.2 Å². The molecule has 6 heteroatoms. The highest BCUT2D eigenvalue weighted by Crippen LogP contribution is 2.16. The van der Waals surface area contributed by atoms with Gasteiger partial charge in [-0.25, -0.2) is 8.42 Å². The average Bonchev–Trinajstić information content (AvgIpc) is 2.13. The molecule has 2 N–H and O–H groups in total. The Labute approximate surface area is 101 Å². The molecule has 94 valence electrons. The first kappa shape index (κ1) is 13.5. The van der Waals surface area contributed by atoms with E-state index >= 15 is 0 Å². The lowest BCUT2D eigenvalue weighted by molar-refractivity contribution is -0.136. The first-order chi connectivity index (χ1) is 7.72. The molecule has 0 fully saturated rings. The fraction of sp³-hybridized carbons (Fsp3) is 0.364. The molecular weight excluding hydrogens is 242 g/mol. The van der Waals surface area contributed by atoms with Gasteiger partial charge in [-0.05, 0) is 44.0 Å². The van der Waals surface area contributed by atoms with Crippen LogP contribution in [0.3, 0.4) is 0 Å². The fourth-order valence-corrected chi connectivity index (χ4v) is 2.31. The van der Waals surface area contributed by atoms with Gasteiger partial charge in [0.15, 0.2) is 5.25 Å². The van der Waals surface area contributed by atoms with Crippen molar-refractivity contribution in [2.75, 3.05) is 4.72 Å². The van der Waals surface area contributed by atoms with Crippen LogP contribution in [-0.2, 0) is 14.8 Å². The van der Waals surface area contributed by atoms with Crippen molar-refractivity contribution in [1.82, 2.24) is 0 Å². The van der Waals surface area contributed by atoms with Crippen molar-refractivity contribution >= 4 is 21.7 Å². The van der Waals surface area contributed by atoms with Crippen molar-refractivity contribution in [2.24, 2.45) is 0 Å². The van der Waals surface area contributed by atoms with Gasteiger partial charge in [-0.3, -0.25) is 9.52 Å². The summed E-state index contributed by atoms with van der Waals surface area (Å²) in [7, 11) is -3.90. The van der Waals surface area contributed by atoms with E-state index in [0.29, 0.717) is 5.69 Å². The smallest absolute Gasteiger partial charge is 0.323 e. The van der Waals surface area contributed by atoms with Crippen molar-refractivity contribution in [3.63, 3.8) is 0 Å². The minimum Gasteiger partial charge on any atom is -0.480 e. The number of hydrogen-bond donors (Lipinski definition) is 2. The summed E-state index contributed by atoms with van der Waals surface area (Å²) in [6.45, 7) is 4.81. The third kappa shape index (κ3) is 3.45. The van der Waals surface area contributed by atoms with Crippen LogP contribution in [0.25, 0.3) is 0 Å². The number of benzene rings is 1. The number of sulfonamides is 1. The summed E-state index contributed by atoms with van der Waals surface area (Å²) < 4.78 is 25.6. The van der Waals surface area contributed by atoms with E-state index in [9.17, 15) is 13.2 Å². The van der Waals surface area contributed by atoms with E-state index in [0.717, 1.165) is 18.1 Å². The van der Waals surface area contributed by atoms with Gasteiger partial charge in [-0.2, -0.15) is 0 Å². The van der Waals surface area contributed by atoms with Crippen LogP contribution < -0.4 is 4.72 Å². The molecule has 5 nitrogen and oxygen atoms in total. The molecular formula is C11H15NO4S. The molecule has 0 aliphatic carbocycles. The molecule has 17 heavy (non-hydrogen) atoms. The molecule has 0 saturated heterocycles. The second kappa shape index (κ2) is 4.75. The molecule has 0 saturated carbocycles. The highest BCUT2D eigenvalue weighted by Gasteiger charge is 2.27. The highest BCUT2D eigenvalue weighted by atomic mass is 32.2. The zero-order valence-corrected chi connectivity index (χ0v) is 10.7. The van der Waals surface area contributed by atoms with Gasteiger partial charge in [0.05, 0.1) is 0 Å². The van der Waals surface area contributed by atoms with Gasteiger partial charge in [-0.15, -0.1) is 0 Å². The molecule has 0 bridgehead atoms. The van der Waals surface area contributed by atoms with Crippen molar-refractivity contribution < 1.29 is 18.3 Å². The normalized spacial score (nSPS) is 13.1. The van der Waals surface area contributed by atoms with Crippen LogP contribution in [-0.4, -0.2) is 24.7 Å². The maximum absolute atomic E-state index is 11.7. The number of rotatable bonds is 4. The van der Waals surface area contributed by atoms with E-state index in [1.807, 2.05) is 19.9 Å². The standard InChI is InChI=1S/C11H15NO4S/c1-7-4-8(2)6-10(5-7)12-17(15,16)9(3)11(13)14/h4-6,9,12H,1-3H3,(H,13,14). The molecule has 0 aliphatic heterocycles. The van der Waals surface area contributed by atoms with Gasteiger partial charge < -0.3 is 5.11 Å². The predicted octanol–water partition coefficient (Wildman–Crippen LogP) is 1.52. The van der Waals surface area contributed by atoms with Crippen molar-refractivity contribution in [3.05, 3.63) is 29.3 Å². The molecule has 0 radical (unpaired) electrons. The largest absolute Gasteiger partial charge is 0.480 e. The van der Waals surface area contributed by atoms with Crippen molar-refractivity contribution in [1.29, 1.82) is 0 Å². The molecule has 1 unspecified atom stereocenters. The van der Waals surface area contributed by atoms with Gasteiger partial charge in [0.1, 0.15) is 0 Å². The van der Waals surface area contributed by atoms with Crippen LogP contribution in [0.5, 0.6) is 0 Å². The Morgan fingerprint density at radius 2 is 1.71 bits per heavy atom. The average molecular weight is 257 g/mol. The summed E-state index contributed by atoms with van der Waals surface area (Å²) in [5, 5.41) is 7.20. The number of carboxylic acid groups (broad SMARTS) is 1. The Kier molecular flexibility index (Phi) is 3.77. The number of anilines is 1. The minimum absolute atomic E-state index is 0.385. The van der Waals surface area contributed by atoms with E-state index in [1.165, 1.54) is 0 Å². The Morgan fingerprint density at radius 1 is 1.24 bits per heavy atom. The maximum Gasteiger partial charge on any atom is 0.323 e. The molecule has 0 aliphatic rings. The second-order valence-electron chi connectivity index (χ2n) is 4.00. The van der Waals surface area contributed by atoms with Crippen LogP contribution >= 0.6 is 0 Å². The molecule has 0 aromatic heterocycles. The Hall–Kier alpha value is -1.56. The third-order valence-electron chi connectivity index (χ3n) is 2.30. The van der Waals surface area contributed by atoms with E-state index in [-0.39, 0.29) is 0 Å². The summed E-state index contributed by atoms with van der Waals surface area (Å²) in [5.74, 6) is -1.37. The quantitative estimate of drug-likeness (QED) is 0.856. The van der Waals surface area contributed by atoms with Crippen LogP contribution in [0.1, 0.15) is 18.1 Å². The first-order valence-corrected chi connectivity index (χ1v) is 6.60. The monoisotopic (exact) mass is 257 g/mol. The number of aliphatic carboxylic acids is 1. The molecule has 1 rings (SSSR count). The number of hydrogen-bond acceptors (Lipinski definition) is 3. The number of aryl methyl sites for hydroxylation is 2. The summed E-state index contributed by atoms with van der Waals surface area (Å²) >= 11 is 0. The number of carboxylic acids is 1. The van der Waals surface area contributed by atoms with Crippen LogP contribution in [0.2, 0.25) is 0 Å². The molecule has 0 heterocycles. The Balaban J connectivity index is 3.02. The van der Waals surface area contributed by atoms with Crippen molar-refractivity contribution in [3.8, 4) is 0 Å². The number of carbonyl (C=O) groups is 1. The van der Waals surface area contributed by atoms with Gasteiger partial charge >= 0.3 is 5.97 Å². The van der Waals surface area contributed by atoms with Gasteiger partial charge in [-0.1, -0.05) is 6.07 Å². The van der Waals surface area contributed by atoms with Gasteiger partial charge in [0, 0.05) is 5.69 Å². The SMILES string of the molecule is Cc1cc(C)cc(NS(=O)(=O)C(C)C(=O)O)c1. The molecule has 1 aromatic carbocycles. The van der Waals surface area contributed by atoms with Gasteiger partial charge in [0.2, 0.25) is 10.0 Å². The van der Waals surface area contributed by atoms with Crippen LogP contribution in [0.4, 0.5) is 5.69 Å². The van der Waals surface area contributed by atoms with Gasteiger partial charge in [0.25, 0.3) is 0 Å². The second-order valence-corrected chi connectivity index (χ2v) is 6.01. The lowest BCUT2D eigenvalue weighted by atomic mass is 10.1. The first-order valence-electron chi connectivity index (χ1n) is 5.05. The van der Waals surface area contributed by atoms with E-state index in [2.05, 4.69) is 4.72 Å². The molecule has 1 aromatic rings. The Bertz CT molecular complexity index is 516. The van der Waals surface area contributed by atoms with Crippen molar-refractivity contribution in [2.45, 2.75) is 26.0 Å². The fourth-order valence-electron chi connectivity index (χ4n) is 1.42. The minimum atomic E-state index is -3.90. The lowest BCUT2D eigenvalue weighted by Gasteiger charge is -2.12. The zero-order valence-electron chi connectivity index (χ0n) is 9.89. The Morgan fingerprint density at radius 3 is 2.12 bits per heavy atom. The molecule has 0 amide bonds. The van der Waals surface area contributed by atoms with Crippen LogP contribution in [0, 0.1) is 13.8 Å². The molecule has 0 spiro atoms. The van der Waals surface area contributed by atoms with E-state index in [1.54, 1.807) is 12.1 Å². The summed E-state index contributed by atoms with van der Waals surface area (Å²) in [4.78, 5) is 10.7. The number of nitrogens with one attached hydrogen (secondary N) is 1.